The van der Waals surface area contributed by atoms with Crippen LogP contribution < -0.4 is 15.0 Å². The van der Waals surface area contributed by atoms with E-state index in [0.717, 1.165) is 41.6 Å². The molecule has 0 bridgehead atoms. The number of benzene rings is 2. The van der Waals surface area contributed by atoms with Crippen molar-refractivity contribution in [3.05, 3.63) is 53.6 Å². The van der Waals surface area contributed by atoms with Crippen molar-refractivity contribution in [3.8, 4) is 5.75 Å². The Morgan fingerprint density at radius 2 is 1.69 bits per heavy atom. The van der Waals surface area contributed by atoms with Crippen LogP contribution in [-0.4, -0.2) is 25.6 Å². The van der Waals surface area contributed by atoms with E-state index in [1.165, 1.54) is 18.5 Å². The quantitative estimate of drug-likeness (QED) is 0.858. The molecule has 1 aliphatic rings. The van der Waals surface area contributed by atoms with Crippen LogP contribution >= 0.6 is 0 Å². The maximum absolute atomic E-state index is 12.1. The molecule has 1 amide bonds. The maximum Gasteiger partial charge on any atom is 0.262 e. The lowest BCUT2D eigenvalue weighted by Crippen LogP contribution is -2.32. The van der Waals surface area contributed by atoms with Crippen molar-refractivity contribution in [1.29, 1.82) is 0 Å². The predicted molar refractivity (Wildman–Crippen MR) is 107 cm³/mol. The normalized spacial score (nSPS) is 15.0. The molecule has 0 unspecified atom stereocenters. The first-order chi connectivity index (χ1) is 12.5. The fraction of sp³-hybridized carbons (Fsp3) is 0.409. The van der Waals surface area contributed by atoms with Crippen LogP contribution in [0, 0.1) is 19.8 Å². The van der Waals surface area contributed by atoms with E-state index in [2.05, 4.69) is 35.3 Å². The molecule has 0 aliphatic carbocycles. The third kappa shape index (κ3) is 5.01. The summed E-state index contributed by atoms with van der Waals surface area (Å²) in [6.45, 7) is 8.58. The Balaban J connectivity index is 1.51. The lowest BCUT2D eigenvalue weighted by molar-refractivity contribution is -0.118. The summed E-state index contributed by atoms with van der Waals surface area (Å²) in [5, 5.41) is 2.90. The molecular weight excluding hydrogens is 324 g/mol. The maximum atomic E-state index is 12.1. The molecule has 138 valence electrons. The van der Waals surface area contributed by atoms with Gasteiger partial charge in [-0.05, 0) is 80.1 Å². The van der Waals surface area contributed by atoms with E-state index in [1.807, 2.05) is 38.1 Å². The number of ether oxygens (including phenoxy) is 1. The number of anilines is 2. The summed E-state index contributed by atoms with van der Waals surface area (Å²) in [5.41, 5.74) is 4.28. The van der Waals surface area contributed by atoms with Crippen molar-refractivity contribution >= 4 is 17.3 Å². The SMILES string of the molecule is Cc1cc(C)cc(OCC(=O)Nc2ccc(N3CCC(C)CC3)cc2)c1. The van der Waals surface area contributed by atoms with Gasteiger partial charge in [0.2, 0.25) is 0 Å². The summed E-state index contributed by atoms with van der Waals surface area (Å²) in [4.78, 5) is 14.5. The van der Waals surface area contributed by atoms with Crippen LogP contribution in [0.15, 0.2) is 42.5 Å². The van der Waals surface area contributed by atoms with Crippen LogP contribution in [0.2, 0.25) is 0 Å². The Labute approximate surface area is 156 Å². The van der Waals surface area contributed by atoms with E-state index < -0.39 is 0 Å². The molecule has 4 heteroatoms. The number of nitrogens with one attached hydrogen (secondary N) is 1. The van der Waals surface area contributed by atoms with Gasteiger partial charge in [-0.25, -0.2) is 0 Å². The molecule has 0 spiro atoms. The highest BCUT2D eigenvalue weighted by atomic mass is 16.5. The zero-order valence-electron chi connectivity index (χ0n) is 15.9. The van der Waals surface area contributed by atoms with Gasteiger partial charge in [0.05, 0.1) is 0 Å². The van der Waals surface area contributed by atoms with Gasteiger partial charge in [-0.1, -0.05) is 13.0 Å². The van der Waals surface area contributed by atoms with E-state index in [4.69, 9.17) is 4.74 Å². The van der Waals surface area contributed by atoms with E-state index >= 15 is 0 Å². The topological polar surface area (TPSA) is 41.6 Å². The van der Waals surface area contributed by atoms with Crippen LogP contribution in [0.25, 0.3) is 0 Å². The van der Waals surface area contributed by atoms with Crippen molar-refractivity contribution in [2.45, 2.75) is 33.6 Å². The molecule has 0 saturated carbocycles. The molecule has 0 aromatic heterocycles. The summed E-state index contributed by atoms with van der Waals surface area (Å²) >= 11 is 0. The van der Waals surface area contributed by atoms with Gasteiger partial charge >= 0.3 is 0 Å². The number of hydrogen-bond acceptors (Lipinski definition) is 3. The number of carbonyl (C=O) groups is 1. The Morgan fingerprint density at radius 1 is 1.08 bits per heavy atom. The van der Waals surface area contributed by atoms with Crippen LogP contribution in [0.4, 0.5) is 11.4 Å². The lowest BCUT2D eigenvalue weighted by Gasteiger charge is -2.32. The molecule has 2 aromatic rings. The van der Waals surface area contributed by atoms with Crippen LogP contribution in [0.1, 0.15) is 30.9 Å². The number of rotatable bonds is 5. The third-order valence-electron chi connectivity index (χ3n) is 4.86. The minimum absolute atomic E-state index is 0.00859. The molecular formula is C22H28N2O2. The van der Waals surface area contributed by atoms with Gasteiger partial charge in [-0.2, -0.15) is 0 Å². The predicted octanol–water partition coefficient (Wildman–Crippen LogP) is 4.56. The first kappa shape index (κ1) is 18.3. The van der Waals surface area contributed by atoms with Gasteiger partial charge in [-0.15, -0.1) is 0 Å². The largest absolute Gasteiger partial charge is 0.484 e. The monoisotopic (exact) mass is 352 g/mol. The number of nitrogens with zero attached hydrogens (tertiary/aromatic N) is 1. The molecule has 1 heterocycles. The Hall–Kier alpha value is -2.49. The summed E-state index contributed by atoms with van der Waals surface area (Å²) in [6, 6.07) is 14.0. The van der Waals surface area contributed by atoms with Gasteiger partial charge in [0.15, 0.2) is 6.61 Å². The molecule has 3 rings (SSSR count). The molecule has 1 N–H and O–H groups in total. The number of aryl methyl sites for hydroxylation is 2. The van der Waals surface area contributed by atoms with Gasteiger partial charge < -0.3 is 15.0 Å². The zero-order chi connectivity index (χ0) is 18.5. The average Bonchev–Trinajstić information content (AvgIpc) is 2.61. The first-order valence-electron chi connectivity index (χ1n) is 9.35. The summed E-state index contributed by atoms with van der Waals surface area (Å²) in [5.74, 6) is 1.40. The second-order valence-electron chi connectivity index (χ2n) is 7.38. The van der Waals surface area contributed by atoms with E-state index in [-0.39, 0.29) is 12.5 Å². The first-order valence-corrected chi connectivity index (χ1v) is 9.35. The molecule has 1 saturated heterocycles. The number of piperidine rings is 1. The molecule has 26 heavy (non-hydrogen) atoms. The Kier molecular flexibility index (Phi) is 5.82. The average molecular weight is 352 g/mol. The van der Waals surface area contributed by atoms with Gasteiger partial charge in [0, 0.05) is 24.5 Å². The van der Waals surface area contributed by atoms with E-state index in [0.29, 0.717) is 0 Å². The molecule has 0 radical (unpaired) electrons. The molecule has 2 aromatic carbocycles. The second-order valence-corrected chi connectivity index (χ2v) is 7.38. The number of hydrogen-bond donors (Lipinski definition) is 1. The van der Waals surface area contributed by atoms with Gasteiger partial charge in [0.1, 0.15) is 5.75 Å². The van der Waals surface area contributed by atoms with Crippen LogP contribution in [0.3, 0.4) is 0 Å². The van der Waals surface area contributed by atoms with Gasteiger partial charge in [-0.3, -0.25) is 4.79 Å². The highest BCUT2D eigenvalue weighted by Crippen LogP contribution is 2.24. The molecule has 1 aliphatic heterocycles. The van der Waals surface area contributed by atoms with Crippen molar-refractivity contribution in [1.82, 2.24) is 0 Å². The minimum atomic E-state index is -0.149. The van der Waals surface area contributed by atoms with Crippen molar-refractivity contribution in [2.24, 2.45) is 5.92 Å². The second kappa shape index (κ2) is 8.26. The van der Waals surface area contributed by atoms with Gasteiger partial charge in [0.25, 0.3) is 5.91 Å². The summed E-state index contributed by atoms with van der Waals surface area (Å²) < 4.78 is 5.61. The van der Waals surface area contributed by atoms with Crippen molar-refractivity contribution in [2.75, 3.05) is 29.9 Å². The summed E-state index contributed by atoms with van der Waals surface area (Å²) in [6.07, 6.45) is 2.49. The van der Waals surface area contributed by atoms with Crippen LogP contribution in [-0.2, 0) is 4.79 Å². The Morgan fingerprint density at radius 3 is 2.31 bits per heavy atom. The zero-order valence-corrected chi connectivity index (χ0v) is 15.9. The standard InChI is InChI=1S/C22H28N2O2/c1-16-8-10-24(11-9-16)20-6-4-19(5-7-20)23-22(25)15-26-21-13-17(2)12-18(3)14-21/h4-7,12-14,16H,8-11,15H2,1-3H3,(H,23,25). The molecule has 4 nitrogen and oxygen atoms in total. The Bertz CT molecular complexity index is 727. The fourth-order valence-corrected chi connectivity index (χ4v) is 3.38. The van der Waals surface area contributed by atoms with Crippen molar-refractivity contribution in [3.63, 3.8) is 0 Å². The van der Waals surface area contributed by atoms with Crippen LogP contribution in [0.5, 0.6) is 5.75 Å². The summed E-state index contributed by atoms with van der Waals surface area (Å²) in [7, 11) is 0. The van der Waals surface area contributed by atoms with E-state index in [9.17, 15) is 4.79 Å². The smallest absolute Gasteiger partial charge is 0.262 e. The molecule has 0 atom stereocenters. The van der Waals surface area contributed by atoms with E-state index in [1.54, 1.807) is 0 Å². The molecule has 1 fully saturated rings. The highest BCUT2D eigenvalue weighted by Gasteiger charge is 2.16. The lowest BCUT2D eigenvalue weighted by atomic mass is 9.99. The van der Waals surface area contributed by atoms with Crippen molar-refractivity contribution < 1.29 is 9.53 Å². The number of carbonyl (C=O) groups excluding carboxylic acids is 1. The fourth-order valence-electron chi connectivity index (χ4n) is 3.38. The minimum Gasteiger partial charge on any atom is -0.484 e. The third-order valence-corrected chi connectivity index (χ3v) is 4.86. The highest BCUT2D eigenvalue weighted by molar-refractivity contribution is 5.92. The number of amides is 1.